The van der Waals surface area contributed by atoms with Crippen LogP contribution in [0.25, 0.3) is 0 Å². The Hall–Kier alpha value is -1.44. The van der Waals surface area contributed by atoms with E-state index in [0.717, 1.165) is 31.6 Å². The smallest absolute Gasteiger partial charge is 0.238 e. The summed E-state index contributed by atoms with van der Waals surface area (Å²) in [7, 11) is -3.15. The Kier molecular flexibility index (Phi) is 5.33. The largest absolute Gasteiger partial charge is 0.325 e. The summed E-state index contributed by atoms with van der Waals surface area (Å²) in [6, 6.07) is 9.32. The van der Waals surface area contributed by atoms with E-state index in [4.69, 9.17) is 0 Å². The second-order valence-corrected chi connectivity index (χ2v) is 7.13. The molecule has 1 aliphatic heterocycles. The molecule has 1 fully saturated rings. The number of para-hydroxylation sites is 1. The third-order valence-corrected chi connectivity index (χ3v) is 4.15. The number of rotatable bonds is 5. The number of hydrogen-bond acceptors (Lipinski definition) is 4. The maximum absolute atomic E-state index is 11.9. The van der Waals surface area contributed by atoms with Gasteiger partial charge in [-0.25, -0.2) is 13.1 Å². The molecule has 0 atom stereocenters. The van der Waals surface area contributed by atoms with Crippen molar-refractivity contribution < 1.29 is 13.2 Å². The zero-order chi connectivity index (χ0) is 15.3. The van der Waals surface area contributed by atoms with Crippen LogP contribution in [-0.4, -0.2) is 51.2 Å². The number of carbonyl (C=O) groups is 1. The van der Waals surface area contributed by atoms with E-state index in [1.807, 2.05) is 35.2 Å². The highest BCUT2D eigenvalue weighted by Crippen LogP contribution is 2.11. The number of anilines is 1. The number of sulfonamides is 1. The van der Waals surface area contributed by atoms with Gasteiger partial charge in [0.2, 0.25) is 15.9 Å². The van der Waals surface area contributed by atoms with Crippen molar-refractivity contribution in [1.82, 2.24) is 9.62 Å². The zero-order valence-corrected chi connectivity index (χ0v) is 12.9. The van der Waals surface area contributed by atoms with E-state index in [-0.39, 0.29) is 11.9 Å². The highest BCUT2D eigenvalue weighted by Gasteiger charge is 2.22. The number of likely N-dealkylation sites (tertiary alicyclic amines) is 1. The Bertz CT molecular complexity index is 566. The van der Waals surface area contributed by atoms with Crippen LogP contribution in [-0.2, 0) is 14.8 Å². The molecule has 0 aromatic heterocycles. The van der Waals surface area contributed by atoms with E-state index < -0.39 is 10.0 Å². The summed E-state index contributed by atoms with van der Waals surface area (Å²) >= 11 is 0. The SMILES string of the molecule is CS(=O)(=O)NC1CCN(CC(=O)Nc2ccccc2)CC1. The van der Waals surface area contributed by atoms with Crippen molar-refractivity contribution >= 4 is 21.6 Å². The third kappa shape index (κ3) is 5.82. The third-order valence-electron chi connectivity index (χ3n) is 3.39. The number of benzene rings is 1. The predicted octanol–water partition coefficient (Wildman–Crippen LogP) is 0.639. The first-order valence-electron chi connectivity index (χ1n) is 6.97. The fourth-order valence-electron chi connectivity index (χ4n) is 2.44. The molecular weight excluding hydrogens is 290 g/mol. The van der Waals surface area contributed by atoms with Crippen molar-refractivity contribution in [2.45, 2.75) is 18.9 Å². The molecule has 0 aliphatic carbocycles. The summed E-state index contributed by atoms with van der Waals surface area (Å²) in [4.78, 5) is 14.0. The fourth-order valence-corrected chi connectivity index (χ4v) is 3.28. The van der Waals surface area contributed by atoms with Gasteiger partial charge >= 0.3 is 0 Å². The van der Waals surface area contributed by atoms with Crippen LogP contribution in [0.15, 0.2) is 30.3 Å². The van der Waals surface area contributed by atoms with Crippen LogP contribution in [0.1, 0.15) is 12.8 Å². The Morgan fingerprint density at radius 3 is 2.43 bits per heavy atom. The van der Waals surface area contributed by atoms with Crippen LogP contribution < -0.4 is 10.0 Å². The first kappa shape index (κ1) is 15.9. The molecule has 0 radical (unpaired) electrons. The van der Waals surface area contributed by atoms with E-state index in [1.54, 1.807) is 0 Å². The molecule has 1 heterocycles. The van der Waals surface area contributed by atoms with E-state index in [1.165, 1.54) is 6.26 Å². The molecule has 1 saturated heterocycles. The van der Waals surface area contributed by atoms with Crippen LogP contribution in [0.4, 0.5) is 5.69 Å². The monoisotopic (exact) mass is 311 g/mol. The predicted molar refractivity (Wildman–Crippen MR) is 82.5 cm³/mol. The minimum Gasteiger partial charge on any atom is -0.325 e. The molecule has 0 unspecified atom stereocenters. The molecule has 2 N–H and O–H groups in total. The number of hydrogen-bond donors (Lipinski definition) is 2. The van der Waals surface area contributed by atoms with Gasteiger partial charge < -0.3 is 5.32 Å². The zero-order valence-electron chi connectivity index (χ0n) is 12.1. The number of piperidine rings is 1. The lowest BCUT2D eigenvalue weighted by atomic mass is 10.1. The summed E-state index contributed by atoms with van der Waals surface area (Å²) in [5, 5.41) is 2.85. The Morgan fingerprint density at radius 1 is 1.24 bits per heavy atom. The molecule has 0 saturated carbocycles. The van der Waals surface area contributed by atoms with Crippen LogP contribution in [0.3, 0.4) is 0 Å². The van der Waals surface area contributed by atoms with Crippen molar-refractivity contribution in [2.75, 3.05) is 31.2 Å². The molecule has 1 aromatic rings. The summed E-state index contributed by atoms with van der Waals surface area (Å²) in [6.45, 7) is 1.77. The molecule has 21 heavy (non-hydrogen) atoms. The molecule has 2 rings (SSSR count). The molecule has 1 aromatic carbocycles. The van der Waals surface area contributed by atoms with Crippen molar-refractivity contribution in [3.05, 3.63) is 30.3 Å². The van der Waals surface area contributed by atoms with Gasteiger partial charge in [-0.05, 0) is 25.0 Å². The highest BCUT2D eigenvalue weighted by atomic mass is 32.2. The van der Waals surface area contributed by atoms with Gasteiger partial charge in [-0.15, -0.1) is 0 Å². The van der Waals surface area contributed by atoms with E-state index >= 15 is 0 Å². The second kappa shape index (κ2) is 7.02. The summed E-state index contributed by atoms with van der Waals surface area (Å²) in [6.07, 6.45) is 2.63. The number of nitrogens with one attached hydrogen (secondary N) is 2. The Balaban J connectivity index is 1.74. The minimum absolute atomic E-state index is 0.0200. The summed E-state index contributed by atoms with van der Waals surface area (Å²) < 4.78 is 25.0. The second-order valence-electron chi connectivity index (χ2n) is 5.35. The van der Waals surface area contributed by atoms with Crippen LogP contribution in [0, 0.1) is 0 Å². The minimum atomic E-state index is -3.15. The van der Waals surface area contributed by atoms with Crippen molar-refractivity contribution in [2.24, 2.45) is 0 Å². The lowest BCUT2D eigenvalue weighted by Crippen LogP contribution is -2.46. The van der Waals surface area contributed by atoms with Crippen LogP contribution >= 0.6 is 0 Å². The molecule has 7 heteroatoms. The van der Waals surface area contributed by atoms with Gasteiger partial charge in [-0.2, -0.15) is 0 Å². The summed E-state index contributed by atoms with van der Waals surface area (Å²) in [5.41, 5.74) is 0.788. The van der Waals surface area contributed by atoms with Gasteiger partial charge in [-0.3, -0.25) is 9.69 Å². The number of carbonyl (C=O) groups excluding carboxylic acids is 1. The lowest BCUT2D eigenvalue weighted by molar-refractivity contribution is -0.117. The van der Waals surface area contributed by atoms with Crippen molar-refractivity contribution in [3.8, 4) is 0 Å². The average Bonchev–Trinajstić information content (AvgIpc) is 2.40. The average molecular weight is 311 g/mol. The molecule has 0 spiro atoms. The van der Waals surface area contributed by atoms with E-state index in [2.05, 4.69) is 10.0 Å². The first-order valence-corrected chi connectivity index (χ1v) is 8.86. The highest BCUT2D eigenvalue weighted by molar-refractivity contribution is 7.88. The molecule has 1 amide bonds. The van der Waals surface area contributed by atoms with E-state index in [9.17, 15) is 13.2 Å². The van der Waals surface area contributed by atoms with Gasteiger partial charge in [0.1, 0.15) is 0 Å². The van der Waals surface area contributed by atoms with Gasteiger partial charge in [0.05, 0.1) is 12.8 Å². The molecule has 6 nitrogen and oxygen atoms in total. The maximum atomic E-state index is 11.9. The quantitative estimate of drug-likeness (QED) is 0.836. The molecular formula is C14H21N3O3S. The number of amides is 1. The van der Waals surface area contributed by atoms with Gasteiger partial charge in [0, 0.05) is 24.8 Å². The lowest BCUT2D eigenvalue weighted by Gasteiger charge is -2.31. The van der Waals surface area contributed by atoms with Gasteiger partial charge in [0.25, 0.3) is 0 Å². The van der Waals surface area contributed by atoms with Crippen LogP contribution in [0.2, 0.25) is 0 Å². The normalized spacial score (nSPS) is 17.6. The Morgan fingerprint density at radius 2 is 1.86 bits per heavy atom. The maximum Gasteiger partial charge on any atom is 0.238 e. The standard InChI is InChI=1S/C14H21N3O3S/c1-21(19,20)16-13-7-9-17(10-8-13)11-14(18)15-12-5-3-2-4-6-12/h2-6,13,16H,7-11H2,1H3,(H,15,18). The topological polar surface area (TPSA) is 78.5 Å². The molecule has 1 aliphatic rings. The van der Waals surface area contributed by atoms with Crippen molar-refractivity contribution in [3.63, 3.8) is 0 Å². The van der Waals surface area contributed by atoms with E-state index in [0.29, 0.717) is 6.54 Å². The van der Waals surface area contributed by atoms with Gasteiger partial charge in [-0.1, -0.05) is 18.2 Å². The van der Waals surface area contributed by atoms with Gasteiger partial charge in [0.15, 0.2) is 0 Å². The Labute approximate surface area is 125 Å². The summed E-state index contributed by atoms with van der Waals surface area (Å²) in [5.74, 6) is -0.0456. The number of nitrogens with zero attached hydrogens (tertiary/aromatic N) is 1. The van der Waals surface area contributed by atoms with Crippen LogP contribution in [0.5, 0.6) is 0 Å². The first-order chi connectivity index (χ1) is 9.92. The fraction of sp³-hybridized carbons (Fsp3) is 0.500. The molecule has 0 bridgehead atoms. The van der Waals surface area contributed by atoms with Crippen molar-refractivity contribution in [1.29, 1.82) is 0 Å². The molecule has 116 valence electrons.